The first-order valence-corrected chi connectivity index (χ1v) is 6.17. The molecule has 0 saturated heterocycles. The molecule has 0 aromatic heterocycles. The largest absolute Gasteiger partial charge is 0.494 e. The highest BCUT2D eigenvalue weighted by Gasteiger charge is 2.16. The van der Waals surface area contributed by atoms with Crippen LogP contribution >= 0.6 is 0 Å². The van der Waals surface area contributed by atoms with Crippen molar-refractivity contribution in [2.24, 2.45) is 4.99 Å². The van der Waals surface area contributed by atoms with Gasteiger partial charge in [-0.15, -0.1) is 0 Å². The van der Waals surface area contributed by atoms with Gasteiger partial charge in [0, 0.05) is 24.5 Å². The van der Waals surface area contributed by atoms with E-state index in [4.69, 9.17) is 10.5 Å². The summed E-state index contributed by atoms with van der Waals surface area (Å²) in [5.74, 6) is 0.561. The number of rotatable bonds is 3. The van der Waals surface area contributed by atoms with Crippen LogP contribution in [0, 0.1) is 0 Å². The molecular weight excluding hydrogens is 254 g/mol. The number of nitrogens with one attached hydrogen (secondary N) is 1. The van der Waals surface area contributed by atoms with Crippen LogP contribution in [0.25, 0.3) is 0 Å². The number of benzene rings is 1. The van der Waals surface area contributed by atoms with Gasteiger partial charge in [0.1, 0.15) is 11.5 Å². The minimum atomic E-state index is -0.0835. The van der Waals surface area contributed by atoms with Crippen molar-refractivity contribution in [1.29, 1.82) is 0 Å². The SMILES string of the molecule is CN=C1C=C(Nc2ccc(N)cc2OC)C(C)=CC1=O. The van der Waals surface area contributed by atoms with Gasteiger partial charge >= 0.3 is 0 Å². The summed E-state index contributed by atoms with van der Waals surface area (Å²) < 4.78 is 5.29. The topological polar surface area (TPSA) is 76.7 Å². The Bertz CT molecular complexity index is 643. The molecule has 20 heavy (non-hydrogen) atoms. The van der Waals surface area contributed by atoms with Crippen LogP contribution in [0.2, 0.25) is 0 Å². The number of hydrogen-bond acceptors (Lipinski definition) is 5. The fourth-order valence-electron chi connectivity index (χ4n) is 1.94. The quantitative estimate of drug-likeness (QED) is 0.652. The Hall–Kier alpha value is -2.56. The third-order valence-electron chi connectivity index (χ3n) is 3.04. The molecule has 0 atom stereocenters. The predicted octanol–water partition coefficient (Wildman–Crippen LogP) is 2.17. The number of allylic oxidation sites excluding steroid dienone is 3. The van der Waals surface area contributed by atoms with Crippen LogP contribution in [0.3, 0.4) is 0 Å². The summed E-state index contributed by atoms with van der Waals surface area (Å²) in [5, 5.41) is 3.24. The number of nitrogen functional groups attached to an aromatic ring is 1. The summed E-state index contributed by atoms with van der Waals surface area (Å²) >= 11 is 0. The molecule has 2 rings (SSSR count). The van der Waals surface area contributed by atoms with Gasteiger partial charge < -0.3 is 15.8 Å². The number of carbonyl (C=O) groups is 1. The van der Waals surface area contributed by atoms with Gasteiger partial charge in [-0.2, -0.15) is 0 Å². The fraction of sp³-hybridized carbons (Fsp3) is 0.200. The maximum atomic E-state index is 11.7. The van der Waals surface area contributed by atoms with Crippen LogP contribution in [0.1, 0.15) is 6.92 Å². The monoisotopic (exact) mass is 271 g/mol. The highest BCUT2D eigenvalue weighted by Crippen LogP contribution is 2.29. The van der Waals surface area contributed by atoms with Crippen molar-refractivity contribution in [1.82, 2.24) is 0 Å². The molecule has 0 aliphatic heterocycles. The molecule has 5 nitrogen and oxygen atoms in total. The van der Waals surface area contributed by atoms with E-state index in [1.165, 1.54) is 0 Å². The first kappa shape index (κ1) is 13.9. The van der Waals surface area contributed by atoms with Crippen molar-refractivity contribution >= 4 is 22.9 Å². The first-order valence-electron chi connectivity index (χ1n) is 6.17. The summed E-state index contributed by atoms with van der Waals surface area (Å²) in [6.07, 6.45) is 3.29. The maximum Gasteiger partial charge on any atom is 0.204 e. The molecule has 0 saturated carbocycles. The van der Waals surface area contributed by atoms with Gasteiger partial charge in [-0.25, -0.2) is 0 Å². The van der Waals surface area contributed by atoms with E-state index < -0.39 is 0 Å². The van der Waals surface area contributed by atoms with Crippen LogP contribution in [0.4, 0.5) is 11.4 Å². The molecule has 0 unspecified atom stereocenters. The Morgan fingerprint density at radius 2 is 2.05 bits per heavy atom. The van der Waals surface area contributed by atoms with E-state index in [1.54, 1.807) is 38.4 Å². The van der Waals surface area contributed by atoms with E-state index in [9.17, 15) is 4.79 Å². The van der Waals surface area contributed by atoms with Crippen molar-refractivity contribution in [2.45, 2.75) is 6.92 Å². The zero-order chi connectivity index (χ0) is 14.7. The summed E-state index contributed by atoms with van der Waals surface area (Å²) in [5.41, 5.74) is 9.22. The number of nitrogens with two attached hydrogens (primary N) is 1. The molecular formula is C15H17N3O2. The summed E-state index contributed by atoms with van der Waals surface area (Å²) in [7, 11) is 3.18. The molecule has 1 aromatic rings. The molecule has 1 aliphatic carbocycles. The molecule has 3 N–H and O–H groups in total. The molecule has 0 amide bonds. The molecule has 0 bridgehead atoms. The van der Waals surface area contributed by atoms with Crippen molar-refractivity contribution < 1.29 is 9.53 Å². The molecule has 0 spiro atoms. The number of methoxy groups -OCH3 is 1. The molecule has 5 heteroatoms. The molecule has 0 radical (unpaired) electrons. The van der Waals surface area contributed by atoms with Gasteiger partial charge in [-0.3, -0.25) is 9.79 Å². The minimum absolute atomic E-state index is 0.0835. The Kier molecular flexibility index (Phi) is 3.89. The number of ether oxygens (including phenoxy) is 1. The normalized spacial score (nSPS) is 16.8. The smallest absolute Gasteiger partial charge is 0.204 e. The van der Waals surface area contributed by atoms with E-state index in [0.717, 1.165) is 17.0 Å². The van der Waals surface area contributed by atoms with E-state index in [-0.39, 0.29) is 5.78 Å². The molecule has 0 fully saturated rings. The Labute approximate surface area is 117 Å². The van der Waals surface area contributed by atoms with Crippen molar-refractivity contribution in [3.8, 4) is 5.75 Å². The molecule has 0 heterocycles. The van der Waals surface area contributed by atoms with E-state index in [0.29, 0.717) is 17.1 Å². The van der Waals surface area contributed by atoms with Gasteiger partial charge in [0.2, 0.25) is 5.78 Å². The Balaban J connectivity index is 2.35. The number of hydrogen-bond donors (Lipinski definition) is 2. The predicted molar refractivity (Wildman–Crippen MR) is 81.2 cm³/mol. The average molecular weight is 271 g/mol. The van der Waals surface area contributed by atoms with Crippen LogP contribution in [0.5, 0.6) is 5.75 Å². The maximum absolute atomic E-state index is 11.7. The van der Waals surface area contributed by atoms with Gasteiger partial charge in [0.05, 0.1) is 12.8 Å². The van der Waals surface area contributed by atoms with E-state index in [2.05, 4.69) is 10.3 Å². The summed E-state index contributed by atoms with van der Waals surface area (Å²) in [6.45, 7) is 1.87. The lowest BCUT2D eigenvalue weighted by Gasteiger charge is -2.17. The third kappa shape index (κ3) is 2.71. The third-order valence-corrected chi connectivity index (χ3v) is 3.04. The lowest BCUT2D eigenvalue weighted by atomic mass is 10.0. The second-order valence-corrected chi connectivity index (χ2v) is 4.44. The highest BCUT2D eigenvalue weighted by molar-refractivity contribution is 6.49. The summed E-state index contributed by atoms with van der Waals surface area (Å²) in [4.78, 5) is 15.6. The second kappa shape index (κ2) is 5.61. The molecule has 1 aliphatic rings. The van der Waals surface area contributed by atoms with Gasteiger partial charge in [0.25, 0.3) is 0 Å². The Morgan fingerprint density at radius 1 is 1.30 bits per heavy atom. The van der Waals surface area contributed by atoms with Gasteiger partial charge in [0.15, 0.2) is 0 Å². The van der Waals surface area contributed by atoms with Crippen molar-refractivity contribution in [3.05, 3.63) is 41.6 Å². The molecule has 104 valence electrons. The van der Waals surface area contributed by atoms with Crippen LogP contribution < -0.4 is 15.8 Å². The van der Waals surface area contributed by atoms with Crippen LogP contribution in [-0.4, -0.2) is 25.7 Å². The highest BCUT2D eigenvalue weighted by atomic mass is 16.5. The minimum Gasteiger partial charge on any atom is -0.494 e. The van der Waals surface area contributed by atoms with Gasteiger partial charge in [-0.05, 0) is 36.8 Å². The number of nitrogens with zero attached hydrogens (tertiary/aromatic N) is 1. The van der Waals surface area contributed by atoms with Gasteiger partial charge in [-0.1, -0.05) is 0 Å². The van der Waals surface area contributed by atoms with Crippen LogP contribution in [0.15, 0.2) is 46.6 Å². The number of carbonyl (C=O) groups excluding carboxylic acids is 1. The number of anilines is 2. The van der Waals surface area contributed by atoms with Crippen molar-refractivity contribution in [2.75, 3.05) is 25.2 Å². The number of ketones is 1. The van der Waals surface area contributed by atoms with Crippen molar-refractivity contribution in [3.63, 3.8) is 0 Å². The zero-order valence-corrected chi connectivity index (χ0v) is 11.7. The van der Waals surface area contributed by atoms with Crippen LogP contribution in [-0.2, 0) is 4.79 Å². The zero-order valence-electron chi connectivity index (χ0n) is 11.7. The van der Waals surface area contributed by atoms with E-state index in [1.807, 2.05) is 13.0 Å². The average Bonchev–Trinajstić information content (AvgIpc) is 2.43. The summed E-state index contributed by atoms with van der Waals surface area (Å²) in [6, 6.07) is 5.36. The lowest BCUT2D eigenvalue weighted by Crippen LogP contribution is -2.18. The lowest BCUT2D eigenvalue weighted by molar-refractivity contribution is -0.108. The van der Waals surface area contributed by atoms with E-state index >= 15 is 0 Å². The standard InChI is InChI=1S/C15H17N3O2/c1-9-6-14(19)13(17-2)8-12(9)18-11-5-4-10(16)7-15(11)20-3/h4-8,18H,16H2,1-3H3. The first-order chi connectivity index (χ1) is 9.55. The fourth-order valence-corrected chi connectivity index (χ4v) is 1.94. The molecule has 1 aromatic carbocycles. The Morgan fingerprint density at radius 3 is 2.70 bits per heavy atom. The second-order valence-electron chi connectivity index (χ2n) is 4.44. The number of aliphatic imine (C=N–C) groups is 1.